The van der Waals surface area contributed by atoms with E-state index in [0.717, 1.165) is 22.5 Å². The van der Waals surface area contributed by atoms with Crippen LogP contribution in [-0.4, -0.2) is 45.0 Å². The molecule has 0 aliphatic carbocycles. The lowest BCUT2D eigenvalue weighted by molar-refractivity contribution is -0.125. The lowest BCUT2D eigenvalue weighted by atomic mass is 10.2. The first-order valence-electron chi connectivity index (χ1n) is 9.06. The summed E-state index contributed by atoms with van der Waals surface area (Å²) in [6, 6.07) is 7.35. The zero-order chi connectivity index (χ0) is 21.5. The van der Waals surface area contributed by atoms with E-state index in [2.05, 4.69) is 30.6 Å². The Kier molecular flexibility index (Phi) is 6.67. The van der Waals surface area contributed by atoms with Gasteiger partial charge in [-0.2, -0.15) is 0 Å². The molecule has 0 unspecified atom stereocenters. The molecule has 4 aromatic heterocycles. The number of carbonyl (C=O) groups is 2. The number of hydrogen-bond acceptors (Lipinski definition) is 9. The number of rotatable bonds is 8. The van der Waals surface area contributed by atoms with Crippen molar-refractivity contribution in [2.75, 3.05) is 23.8 Å². The molecule has 156 valence electrons. The third kappa shape index (κ3) is 5.75. The maximum Gasteiger partial charge on any atom is 0.252 e. The number of nitrogens with one attached hydrogen (secondary N) is 2. The maximum atomic E-state index is 12.0. The van der Waals surface area contributed by atoms with Crippen LogP contribution in [-0.2, 0) is 14.3 Å². The van der Waals surface area contributed by atoms with Gasteiger partial charge in [0.25, 0.3) is 11.8 Å². The van der Waals surface area contributed by atoms with Crippen LogP contribution < -0.4 is 10.6 Å². The molecule has 0 saturated carbocycles. The van der Waals surface area contributed by atoms with Crippen LogP contribution >= 0.6 is 22.7 Å². The highest BCUT2D eigenvalue weighted by Crippen LogP contribution is 2.25. The van der Waals surface area contributed by atoms with Gasteiger partial charge >= 0.3 is 0 Å². The van der Waals surface area contributed by atoms with Gasteiger partial charge in [0.15, 0.2) is 10.3 Å². The Balaban J connectivity index is 1.21. The predicted molar refractivity (Wildman–Crippen MR) is 119 cm³/mol. The molecule has 0 bridgehead atoms. The van der Waals surface area contributed by atoms with Crippen molar-refractivity contribution >= 4 is 44.8 Å². The monoisotopic (exact) mass is 452 g/mol. The van der Waals surface area contributed by atoms with Crippen molar-refractivity contribution in [1.82, 2.24) is 19.9 Å². The van der Waals surface area contributed by atoms with Crippen molar-refractivity contribution in [2.45, 2.75) is 0 Å². The summed E-state index contributed by atoms with van der Waals surface area (Å²) in [5.41, 5.74) is 3.32. The average Bonchev–Trinajstić information content (AvgIpc) is 3.45. The van der Waals surface area contributed by atoms with Crippen LogP contribution in [0.15, 0.2) is 59.8 Å². The zero-order valence-electron chi connectivity index (χ0n) is 16.0. The Morgan fingerprint density at radius 2 is 1.16 bits per heavy atom. The minimum absolute atomic E-state index is 0.266. The standard InChI is InChI=1S/C20H16N6O3S2/c27-17(25-19-23-15(11-30-19)13-1-5-21-6-2-13)9-29-10-18(28)26-20-24-16(12-31-20)14-3-7-22-8-4-14/h1-8,11-12H,9-10H2,(H,23,25,27)(H,24,26,28). The molecule has 0 spiro atoms. The molecule has 0 atom stereocenters. The second-order valence-electron chi connectivity index (χ2n) is 6.14. The van der Waals surface area contributed by atoms with Gasteiger partial charge in [-0.25, -0.2) is 9.97 Å². The first-order chi connectivity index (χ1) is 15.2. The number of thiazole rings is 2. The molecule has 0 aromatic carbocycles. The van der Waals surface area contributed by atoms with Crippen molar-refractivity contribution in [3.63, 3.8) is 0 Å². The largest absolute Gasteiger partial charge is 0.362 e. The molecule has 4 rings (SSSR count). The molecular formula is C20H16N6O3S2. The van der Waals surface area contributed by atoms with Crippen LogP contribution in [0, 0.1) is 0 Å². The summed E-state index contributed by atoms with van der Waals surface area (Å²) in [7, 11) is 0. The van der Waals surface area contributed by atoms with Gasteiger partial charge in [0.05, 0.1) is 11.4 Å². The number of anilines is 2. The van der Waals surface area contributed by atoms with Crippen LogP contribution in [0.1, 0.15) is 0 Å². The quantitative estimate of drug-likeness (QED) is 0.421. The Morgan fingerprint density at radius 3 is 1.58 bits per heavy atom. The predicted octanol–water partition coefficient (Wildman–Crippen LogP) is 3.32. The highest BCUT2D eigenvalue weighted by atomic mass is 32.1. The summed E-state index contributed by atoms with van der Waals surface area (Å²) in [6.45, 7) is -0.532. The number of carbonyl (C=O) groups excluding carboxylic acids is 2. The summed E-state index contributed by atoms with van der Waals surface area (Å²) >= 11 is 2.61. The van der Waals surface area contributed by atoms with E-state index in [1.54, 1.807) is 24.8 Å². The summed E-state index contributed by atoms with van der Waals surface area (Å²) in [4.78, 5) is 40.7. The van der Waals surface area contributed by atoms with Gasteiger partial charge in [0.1, 0.15) is 13.2 Å². The SMILES string of the molecule is O=C(COCC(=O)Nc1nc(-c2ccncc2)cs1)Nc1nc(-c2ccncc2)cs1. The molecule has 4 aromatic rings. The Labute approximate surface area is 185 Å². The molecular weight excluding hydrogens is 436 g/mol. The smallest absolute Gasteiger partial charge is 0.252 e. The molecule has 4 heterocycles. The van der Waals surface area contributed by atoms with E-state index < -0.39 is 11.8 Å². The third-order valence-electron chi connectivity index (χ3n) is 3.92. The molecule has 31 heavy (non-hydrogen) atoms. The van der Waals surface area contributed by atoms with E-state index in [1.165, 1.54) is 22.7 Å². The maximum absolute atomic E-state index is 12.0. The van der Waals surface area contributed by atoms with E-state index >= 15 is 0 Å². The Hall–Kier alpha value is -3.54. The second-order valence-corrected chi connectivity index (χ2v) is 7.85. The number of nitrogens with zero attached hydrogens (tertiary/aromatic N) is 4. The van der Waals surface area contributed by atoms with E-state index in [1.807, 2.05) is 35.0 Å². The molecule has 9 nitrogen and oxygen atoms in total. The Bertz CT molecular complexity index is 1070. The molecule has 2 amide bonds. The lowest BCUT2D eigenvalue weighted by Crippen LogP contribution is -2.23. The molecule has 0 aliphatic rings. The number of aromatic nitrogens is 4. The molecule has 0 saturated heterocycles. The fraction of sp³-hybridized carbons (Fsp3) is 0.100. The molecule has 0 radical (unpaired) electrons. The molecule has 11 heteroatoms. The van der Waals surface area contributed by atoms with Gasteiger partial charge in [-0.05, 0) is 24.3 Å². The van der Waals surface area contributed by atoms with Crippen molar-refractivity contribution in [1.29, 1.82) is 0 Å². The van der Waals surface area contributed by atoms with E-state index in [0.29, 0.717) is 10.3 Å². The number of ether oxygens (including phenoxy) is 1. The molecule has 2 N–H and O–H groups in total. The summed E-state index contributed by atoms with van der Waals surface area (Å²) in [6.07, 6.45) is 6.71. The van der Waals surface area contributed by atoms with Gasteiger partial charge in [0.2, 0.25) is 0 Å². The van der Waals surface area contributed by atoms with Gasteiger partial charge in [-0.3, -0.25) is 30.2 Å². The third-order valence-corrected chi connectivity index (χ3v) is 5.43. The topological polar surface area (TPSA) is 119 Å². The normalized spacial score (nSPS) is 10.6. The summed E-state index contributed by atoms with van der Waals surface area (Å²) < 4.78 is 5.20. The molecule has 0 fully saturated rings. The van der Waals surface area contributed by atoms with Gasteiger partial charge < -0.3 is 4.74 Å². The highest BCUT2D eigenvalue weighted by Gasteiger charge is 2.11. The van der Waals surface area contributed by atoms with Crippen LogP contribution in [0.4, 0.5) is 10.3 Å². The van der Waals surface area contributed by atoms with Crippen molar-refractivity contribution in [3.8, 4) is 22.5 Å². The number of pyridine rings is 2. The van der Waals surface area contributed by atoms with Crippen molar-refractivity contribution in [3.05, 3.63) is 59.8 Å². The minimum Gasteiger partial charge on any atom is -0.362 e. The second kappa shape index (κ2) is 9.98. The van der Waals surface area contributed by atoms with E-state index in [4.69, 9.17) is 4.74 Å². The lowest BCUT2D eigenvalue weighted by Gasteiger charge is -2.04. The van der Waals surface area contributed by atoms with Gasteiger partial charge in [0, 0.05) is 46.7 Å². The molecule has 0 aliphatic heterocycles. The minimum atomic E-state index is -0.391. The van der Waals surface area contributed by atoms with Crippen LogP contribution in [0.5, 0.6) is 0 Å². The van der Waals surface area contributed by atoms with Crippen LogP contribution in [0.25, 0.3) is 22.5 Å². The van der Waals surface area contributed by atoms with Gasteiger partial charge in [-0.1, -0.05) is 0 Å². The van der Waals surface area contributed by atoms with Crippen molar-refractivity contribution in [2.24, 2.45) is 0 Å². The zero-order valence-corrected chi connectivity index (χ0v) is 17.7. The number of hydrogen-bond donors (Lipinski definition) is 2. The van der Waals surface area contributed by atoms with E-state index in [-0.39, 0.29) is 13.2 Å². The van der Waals surface area contributed by atoms with Crippen LogP contribution in [0.3, 0.4) is 0 Å². The van der Waals surface area contributed by atoms with Crippen molar-refractivity contribution < 1.29 is 14.3 Å². The Morgan fingerprint density at radius 1 is 0.742 bits per heavy atom. The summed E-state index contributed by atoms with van der Waals surface area (Å²) in [5, 5.41) is 9.91. The first-order valence-corrected chi connectivity index (χ1v) is 10.8. The number of amides is 2. The fourth-order valence-electron chi connectivity index (χ4n) is 2.52. The van der Waals surface area contributed by atoms with Crippen LogP contribution in [0.2, 0.25) is 0 Å². The highest BCUT2D eigenvalue weighted by molar-refractivity contribution is 7.14. The fourth-order valence-corrected chi connectivity index (χ4v) is 3.99. The van der Waals surface area contributed by atoms with E-state index in [9.17, 15) is 9.59 Å². The average molecular weight is 453 g/mol. The first kappa shape index (κ1) is 20.7. The van der Waals surface area contributed by atoms with Gasteiger partial charge in [-0.15, -0.1) is 22.7 Å². The summed E-state index contributed by atoms with van der Waals surface area (Å²) in [5.74, 6) is -0.782.